The number of carboxylic acid groups (broad SMARTS) is 1. The van der Waals surface area contributed by atoms with Crippen LogP contribution in [0.15, 0.2) is 18.2 Å². The van der Waals surface area contributed by atoms with Crippen LogP contribution in [0.3, 0.4) is 0 Å². The Morgan fingerprint density at radius 2 is 2.21 bits per heavy atom. The van der Waals surface area contributed by atoms with E-state index in [1.165, 1.54) is 6.07 Å². The van der Waals surface area contributed by atoms with Crippen LogP contribution in [0.5, 0.6) is 0 Å². The van der Waals surface area contributed by atoms with E-state index in [0.717, 1.165) is 12.1 Å². The summed E-state index contributed by atoms with van der Waals surface area (Å²) in [6, 6.07) is 2.54. The standard InChI is InChI=1S/C13H13FN2O3/c1-3-4-8(2)15-13(19)16-9-5-6-11(14)10(7-9)12(17)18/h1,5-8H,4H2,2H3,(H,17,18)(H2,15,16,19). The number of hydrogen-bond donors (Lipinski definition) is 3. The average Bonchev–Trinajstić information content (AvgIpc) is 2.31. The third kappa shape index (κ3) is 4.32. The summed E-state index contributed by atoms with van der Waals surface area (Å²) in [6.45, 7) is 1.73. The summed E-state index contributed by atoms with van der Waals surface area (Å²) in [6.07, 6.45) is 5.47. The molecule has 0 aliphatic heterocycles. The molecule has 0 heterocycles. The Hall–Kier alpha value is -2.55. The van der Waals surface area contributed by atoms with Gasteiger partial charge in [0.2, 0.25) is 0 Å². The van der Waals surface area contributed by atoms with E-state index in [-0.39, 0.29) is 11.7 Å². The molecule has 1 unspecified atom stereocenters. The number of anilines is 1. The van der Waals surface area contributed by atoms with Gasteiger partial charge in [-0.15, -0.1) is 12.3 Å². The Morgan fingerprint density at radius 3 is 2.79 bits per heavy atom. The molecule has 1 atom stereocenters. The Balaban J connectivity index is 2.73. The molecular weight excluding hydrogens is 251 g/mol. The first-order valence-electron chi connectivity index (χ1n) is 5.48. The van der Waals surface area contributed by atoms with E-state index in [4.69, 9.17) is 11.5 Å². The maximum Gasteiger partial charge on any atom is 0.338 e. The van der Waals surface area contributed by atoms with Crippen molar-refractivity contribution in [1.29, 1.82) is 0 Å². The van der Waals surface area contributed by atoms with Crippen LogP contribution in [0.2, 0.25) is 0 Å². The fraction of sp³-hybridized carbons (Fsp3) is 0.231. The van der Waals surface area contributed by atoms with E-state index in [9.17, 15) is 14.0 Å². The van der Waals surface area contributed by atoms with Gasteiger partial charge in [0, 0.05) is 18.2 Å². The van der Waals surface area contributed by atoms with Crippen LogP contribution < -0.4 is 10.6 Å². The summed E-state index contributed by atoms with van der Waals surface area (Å²) in [7, 11) is 0. The molecule has 0 bridgehead atoms. The molecule has 0 spiro atoms. The molecule has 0 radical (unpaired) electrons. The van der Waals surface area contributed by atoms with Gasteiger partial charge in [0.1, 0.15) is 5.82 Å². The summed E-state index contributed by atoms with van der Waals surface area (Å²) >= 11 is 0. The van der Waals surface area contributed by atoms with Gasteiger partial charge in [-0.3, -0.25) is 0 Å². The zero-order chi connectivity index (χ0) is 14.4. The normalized spacial score (nSPS) is 11.2. The molecule has 1 rings (SSSR count). The number of nitrogens with one attached hydrogen (secondary N) is 2. The molecular formula is C13H13FN2O3. The minimum absolute atomic E-state index is 0.184. The fourth-order valence-corrected chi connectivity index (χ4v) is 1.39. The van der Waals surface area contributed by atoms with Crippen molar-refractivity contribution < 1.29 is 19.1 Å². The third-order valence-electron chi connectivity index (χ3n) is 2.26. The van der Waals surface area contributed by atoms with E-state index >= 15 is 0 Å². The SMILES string of the molecule is C#CCC(C)NC(=O)Nc1ccc(F)c(C(=O)O)c1. The second-order valence-electron chi connectivity index (χ2n) is 3.91. The predicted molar refractivity (Wildman–Crippen MR) is 68.4 cm³/mol. The van der Waals surface area contributed by atoms with Crippen molar-refractivity contribution in [3.8, 4) is 12.3 Å². The maximum absolute atomic E-state index is 13.1. The lowest BCUT2D eigenvalue weighted by molar-refractivity contribution is 0.0692. The minimum atomic E-state index is -1.40. The number of carboxylic acids is 1. The molecule has 0 aromatic heterocycles. The molecule has 3 N–H and O–H groups in total. The number of carbonyl (C=O) groups is 2. The highest BCUT2D eigenvalue weighted by Gasteiger charge is 2.12. The monoisotopic (exact) mass is 264 g/mol. The Morgan fingerprint density at radius 1 is 1.53 bits per heavy atom. The molecule has 1 aromatic carbocycles. The zero-order valence-corrected chi connectivity index (χ0v) is 10.2. The number of halogens is 1. The van der Waals surface area contributed by atoms with Crippen molar-refractivity contribution in [2.75, 3.05) is 5.32 Å². The number of terminal acetylenes is 1. The molecule has 6 heteroatoms. The maximum atomic E-state index is 13.1. The Bertz CT molecular complexity index is 537. The van der Waals surface area contributed by atoms with Gasteiger partial charge in [0.25, 0.3) is 0 Å². The molecule has 0 aliphatic carbocycles. The lowest BCUT2D eigenvalue weighted by Crippen LogP contribution is -2.35. The van der Waals surface area contributed by atoms with Gasteiger partial charge in [-0.1, -0.05) is 0 Å². The van der Waals surface area contributed by atoms with Crippen molar-refractivity contribution in [1.82, 2.24) is 5.32 Å². The van der Waals surface area contributed by atoms with Crippen LogP contribution in [-0.2, 0) is 0 Å². The van der Waals surface area contributed by atoms with Crippen LogP contribution in [0.25, 0.3) is 0 Å². The molecule has 19 heavy (non-hydrogen) atoms. The molecule has 2 amide bonds. The third-order valence-corrected chi connectivity index (χ3v) is 2.26. The zero-order valence-electron chi connectivity index (χ0n) is 10.2. The van der Waals surface area contributed by atoms with Crippen molar-refractivity contribution >= 4 is 17.7 Å². The van der Waals surface area contributed by atoms with Gasteiger partial charge in [-0.2, -0.15) is 0 Å². The number of rotatable bonds is 4. The highest BCUT2D eigenvalue weighted by atomic mass is 19.1. The second kappa shape index (κ2) is 6.40. The Kier molecular flexibility index (Phi) is 4.89. The molecule has 100 valence electrons. The van der Waals surface area contributed by atoms with Crippen LogP contribution in [0.1, 0.15) is 23.7 Å². The van der Waals surface area contributed by atoms with Gasteiger partial charge < -0.3 is 15.7 Å². The predicted octanol–water partition coefficient (Wildman–Crippen LogP) is 2.06. The number of amides is 2. The molecule has 0 aliphatic rings. The van der Waals surface area contributed by atoms with Crippen molar-refractivity contribution in [3.05, 3.63) is 29.6 Å². The van der Waals surface area contributed by atoms with E-state index in [0.29, 0.717) is 6.42 Å². The summed E-state index contributed by atoms with van der Waals surface area (Å²) < 4.78 is 13.1. The van der Waals surface area contributed by atoms with Gasteiger partial charge in [-0.25, -0.2) is 14.0 Å². The van der Waals surface area contributed by atoms with E-state index < -0.39 is 23.4 Å². The molecule has 1 aromatic rings. The van der Waals surface area contributed by atoms with E-state index in [2.05, 4.69) is 16.6 Å². The largest absolute Gasteiger partial charge is 0.478 e. The number of urea groups is 1. The van der Waals surface area contributed by atoms with Gasteiger partial charge in [0.05, 0.1) is 5.56 Å². The molecule has 5 nitrogen and oxygen atoms in total. The van der Waals surface area contributed by atoms with Crippen molar-refractivity contribution in [2.45, 2.75) is 19.4 Å². The van der Waals surface area contributed by atoms with Crippen LogP contribution in [0, 0.1) is 18.2 Å². The van der Waals surface area contributed by atoms with E-state index in [1.54, 1.807) is 6.92 Å². The smallest absolute Gasteiger partial charge is 0.338 e. The summed E-state index contributed by atoms with van der Waals surface area (Å²) in [4.78, 5) is 22.3. The first-order chi connectivity index (χ1) is 8.93. The topological polar surface area (TPSA) is 78.4 Å². The highest BCUT2D eigenvalue weighted by molar-refractivity contribution is 5.93. The lowest BCUT2D eigenvalue weighted by Gasteiger charge is -2.12. The van der Waals surface area contributed by atoms with Crippen molar-refractivity contribution in [3.63, 3.8) is 0 Å². The molecule has 0 fully saturated rings. The second-order valence-corrected chi connectivity index (χ2v) is 3.91. The minimum Gasteiger partial charge on any atom is -0.478 e. The number of hydrogen-bond acceptors (Lipinski definition) is 2. The summed E-state index contributed by atoms with van der Waals surface area (Å²) in [5, 5.41) is 13.7. The van der Waals surface area contributed by atoms with Crippen LogP contribution in [-0.4, -0.2) is 23.1 Å². The van der Waals surface area contributed by atoms with E-state index in [1.807, 2.05) is 0 Å². The highest BCUT2D eigenvalue weighted by Crippen LogP contribution is 2.14. The quantitative estimate of drug-likeness (QED) is 0.728. The average molecular weight is 264 g/mol. The molecule has 0 saturated carbocycles. The van der Waals surface area contributed by atoms with Crippen LogP contribution in [0.4, 0.5) is 14.9 Å². The number of benzene rings is 1. The number of carbonyl (C=O) groups excluding carboxylic acids is 1. The summed E-state index contributed by atoms with van der Waals surface area (Å²) in [5.41, 5.74) is -0.321. The van der Waals surface area contributed by atoms with Gasteiger partial charge in [0.15, 0.2) is 0 Å². The molecule has 0 saturated heterocycles. The van der Waals surface area contributed by atoms with Crippen LogP contribution >= 0.6 is 0 Å². The first-order valence-corrected chi connectivity index (χ1v) is 5.48. The van der Waals surface area contributed by atoms with Gasteiger partial charge >= 0.3 is 12.0 Å². The number of aromatic carboxylic acids is 1. The van der Waals surface area contributed by atoms with Crippen molar-refractivity contribution in [2.24, 2.45) is 0 Å². The fourth-order valence-electron chi connectivity index (χ4n) is 1.39. The first kappa shape index (κ1) is 14.5. The summed E-state index contributed by atoms with van der Waals surface area (Å²) in [5.74, 6) is 0.136. The van der Waals surface area contributed by atoms with Gasteiger partial charge in [-0.05, 0) is 25.1 Å². The Labute approximate surface area is 109 Å². The lowest BCUT2D eigenvalue weighted by atomic mass is 10.2.